The van der Waals surface area contributed by atoms with E-state index in [2.05, 4.69) is 12.1 Å². The molecule has 8 nitrogen and oxygen atoms in total. The molecule has 2 heterocycles. The van der Waals surface area contributed by atoms with Gasteiger partial charge in [-0.15, -0.1) is 0 Å². The second-order valence-electron chi connectivity index (χ2n) is 13.0. The predicted octanol–water partition coefficient (Wildman–Crippen LogP) is 5.51. The molecule has 3 aromatic carbocycles. The van der Waals surface area contributed by atoms with Crippen molar-refractivity contribution in [2.75, 3.05) is 9.80 Å². The zero-order valence-electron chi connectivity index (χ0n) is 24.1. The third kappa shape index (κ3) is 4.14. The Hall–Kier alpha value is -4.59. The Bertz CT molecular complexity index is 1690. The van der Waals surface area contributed by atoms with Gasteiger partial charge in [-0.1, -0.05) is 42.5 Å². The molecular weight excluding hydrogens is 556 g/mol. The first-order valence-corrected chi connectivity index (χ1v) is 15.6. The molecular formula is C36H32N2O6. The van der Waals surface area contributed by atoms with Crippen LogP contribution in [0.3, 0.4) is 0 Å². The molecule has 5 fully saturated rings. The summed E-state index contributed by atoms with van der Waals surface area (Å²) in [6.07, 6.45) is 5.08. The number of carbonyl (C=O) groups is 5. The molecule has 2 aliphatic heterocycles. The van der Waals surface area contributed by atoms with Crippen molar-refractivity contribution in [3.8, 4) is 5.75 Å². The molecule has 0 aromatic heterocycles. The van der Waals surface area contributed by atoms with Gasteiger partial charge in [-0.25, -0.2) is 9.69 Å². The SMILES string of the molecule is O=C(Oc1cccc(N2C(=O)C3C4CCC(C4)C3C2=O)c1)c1cccc(N2C(=O)C3CCC(c4ccccc4)CC3C2=O)c1. The number of anilines is 2. The van der Waals surface area contributed by atoms with Crippen LogP contribution in [-0.2, 0) is 19.2 Å². The zero-order valence-corrected chi connectivity index (χ0v) is 24.1. The monoisotopic (exact) mass is 588 g/mol. The zero-order chi connectivity index (χ0) is 30.1. The van der Waals surface area contributed by atoms with Crippen LogP contribution in [0.25, 0.3) is 0 Å². The molecule has 3 aromatic rings. The van der Waals surface area contributed by atoms with E-state index in [1.165, 1.54) is 21.4 Å². The van der Waals surface area contributed by atoms with E-state index in [-0.39, 0.29) is 76.4 Å². The first-order chi connectivity index (χ1) is 21.4. The lowest BCUT2D eigenvalue weighted by molar-refractivity contribution is -0.124. The smallest absolute Gasteiger partial charge is 0.343 e. The van der Waals surface area contributed by atoms with Gasteiger partial charge in [0.2, 0.25) is 23.6 Å². The van der Waals surface area contributed by atoms with Crippen molar-refractivity contribution < 1.29 is 28.7 Å². The van der Waals surface area contributed by atoms with E-state index in [0.29, 0.717) is 24.2 Å². The lowest BCUT2D eigenvalue weighted by atomic mass is 9.73. The minimum absolute atomic E-state index is 0.154. The van der Waals surface area contributed by atoms with Crippen LogP contribution in [0.5, 0.6) is 5.75 Å². The van der Waals surface area contributed by atoms with E-state index in [9.17, 15) is 24.0 Å². The van der Waals surface area contributed by atoms with Crippen molar-refractivity contribution in [3.63, 3.8) is 0 Å². The number of rotatable bonds is 5. The Labute approximate surface area is 255 Å². The number of carbonyl (C=O) groups excluding carboxylic acids is 5. The fraction of sp³-hybridized carbons (Fsp3) is 0.361. The summed E-state index contributed by atoms with van der Waals surface area (Å²) in [5.74, 6) is -1.64. The quantitative estimate of drug-likeness (QED) is 0.221. The minimum Gasteiger partial charge on any atom is -0.423 e. The van der Waals surface area contributed by atoms with E-state index in [4.69, 9.17) is 4.74 Å². The van der Waals surface area contributed by atoms with Gasteiger partial charge in [0.1, 0.15) is 5.75 Å². The van der Waals surface area contributed by atoms with Crippen LogP contribution in [-0.4, -0.2) is 29.6 Å². The molecule has 0 N–H and O–H groups in total. The van der Waals surface area contributed by atoms with Crippen molar-refractivity contribution in [1.29, 1.82) is 0 Å². The minimum atomic E-state index is -0.668. The summed E-state index contributed by atoms with van der Waals surface area (Å²) in [5, 5.41) is 0. The highest BCUT2D eigenvalue weighted by Gasteiger charge is 2.61. The van der Waals surface area contributed by atoms with E-state index in [1.807, 2.05) is 18.2 Å². The average molecular weight is 589 g/mol. The molecule has 3 aliphatic carbocycles. The number of hydrogen-bond acceptors (Lipinski definition) is 6. The molecule has 8 heteroatoms. The summed E-state index contributed by atoms with van der Waals surface area (Å²) in [4.78, 5) is 69.3. The highest BCUT2D eigenvalue weighted by Crippen LogP contribution is 2.56. The van der Waals surface area contributed by atoms with Crippen LogP contribution in [0, 0.1) is 35.5 Å². The maximum Gasteiger partial charge on any atom is 0.343 e. The summed E-state index contributed by atoms with van der Waals surface area (Å²) in [5.41, 5.74) is 2.12. The molecule has 2 saturated heterocycles. The Morgan fingerprint density at radius 3 is 1.98 bits per heavy atom. The topological polar surface area (TPSA) is 101 Å². The molecule has 222 valence electrons. The highest BCUT2D eigenvalue weighted by molar-refractivity contribution is 6.23. The summed E-state index contributed by atoms with van der Waals surface area (Å²) in [7, 11) is 0. The largest absolute Gasteiger partial charge is 0.423 e. The third-order valence-corrected chi connectivity index (χ3v) is 10.8. The number of esters is 1. The van der Waals surface area contributed by atoms with Gasteiger partial charge >= 0.3 is 5.97 Å². The van der Waals surface area contributed by atoms with E-state index < -0.39 is 5.97 Å². The lowest BCUT2D eigenvalue weighted by Gasteiger charge is -2.28. The van der Waals surface area contributed by atoms with Gasteiger partial charge in [0.25, 0.3) is 0 Å². The van der Waals surface area contributed by atoms with Gasteiger partial charge in [-0.3, -0.25) is 24.1 Å². The Kier molecular flexibility index (Phi) is 6.29. The maximum absolute atomic E-state index is 13.6. The molecule has 8 rings (SSSR count). The average Bonchev–Trinajstić information content (AvgIpc) is 3.79. The van der Waals surface area contributed by atoms with E-state index in [0.717, 1.165) is 25.7 Å². The van der Waals surface area contributed by atoms with Crippen LogP contribution >= 0.6 is 0 Å². The van der Waals surface area contributed by atoms with Crippen LogP contribution in [0.1, 0.15) is 60.4 Å². The number of imide groups is 2. The number of ether oxygens (including phenoxy) is 1. The molecule has 0 spiro atoms. The Balaban J connectivity index is 0.989. The Morgan fingerprint density at radius 2 is 1.25 bits per heavy atom. The number of amides is 4. The van der Waals surface area contributed by atoms with Gasteiger partial charge in [0, 0.05) is 6.07 Å². The fourth-order valence-electron chi connectivity index (χ4n) is 8.75. The van der Waals surface area contributed by atoms with Gasteiger partial charge in [0.15, 0.2) is 0 Å². The molecule has 3 saturated carbocycles. The normalized spacial score (nSPS) is 30.6. The molecule has 4 amide bonds. The molecule has 7 atom stereocenters. The van der Waals surface area contributed by atoms with Crippen molar-refractivity contribution in [2.24, 2.45) is 35.5 Å². The lowest BCUT2D eigenvalue weighted by Crippen LogP contribution is -2.32. The van der Waals surface area contributed by atoms with Gasteiger partial charge in [-0.05, 0) is 92.2 Å². The maximum atomic E-state index is 13.6. The number of hydrogen-bond donors (Lipinski definition) is 0. The first-order valence-electron chi connectivity index (χ1n) is 15.6. The van der Waals surface area contributed by atoms with Gasteiger partial charge in [-0.2, -0.15) is 0 Å². The second-order valence-corrected chi connectivity index (χ2v) is 13.0. The fourth-order valence-corrected chi connectivity index (χ4v) is 8.75. The van der Waals surface area contributed by atoms with Crippen LogP contribution in [0.2, 0.25) is 0 Å². The first kappa shape index (κ1) is 27.0. The summed E-state index contributed by atoms with van der Waals surface area (Å²) < 4.78 is 5.67. The highest BCUT2D eigenvalue weighted by atomic mass is 16.5. The molecule has 7 unspecified atom stereocenters. The van der Waals surface area contributed by atoms with Gasteiger partial charge < -0.3 is 4.74 Å². The third-order valence-electron chi connectivity index (χ3n) is 10.8. The van der Waals surface area contributed by atoms with Crippen LogP contribution in [0.4, 0.5) is 11.4 Å². The van der Waals surface area contributed by atoms with Crippen LogP contribution < -0.4 is 14.5 Å². The van der Waals surface area contributed by atoms with Gasteiger partial charge in [0.05, 0.1) is 40.6 Å². The van der Waals surface area contributed by atoms with Crippen molar-refractivity contribution in [1.82, 2.24) is 0 Å². The molecule has 2 bridgehead atoms. The van der Waals surface area contributed by atoms with Crippen molar-refractivity contribution in [3.05, 3.63) is 90.0 Å². The summed E-state index contributed by atoms with van der Waals surface area (Å²) >= 11 is 0. The van der Waals surface area contributed by atoms with E-state index in [1.54, 1.807) is 42.5 Å². The predicted molar refractivity (Wildman–Crippen MR) is 161 cm³/mol. The summed E-state index contributed by atoms with van der Waals surface area (Å²) in [6, 6.07) is 23.0. The number of nitrogens with zero attached hydrogens (tertiary/aromatic N) is 2. The summed E-state index contributed by atoms with van der Waals surface area (Å²) in [6.45, 7) is 0. The standard InChI is InChI=1S/C36H32N2O6/c39-32-28-15-14-21(20-6-2-1-3-7-20)18-29(28)33(40)37(32)25-9-4-8-24(17-25)36(43)44-27-11-5-10-26(19-27)38-34(41)30-22-12-13-23(16-22)31(30)35(38)42/h1-11,17,19,21-23,28-31H,12-16,18H2. The molecule has 5 aliphatic rings. The second kappa shape index (κ2) is 10.3. The molecule has 44 heavy (non-hydrogen) atoms. The van der Waals surface area contributed by atoms with Crippen molar-refractivity contribution in [2.45, 2.75) is 44.4 Å². The van der Waals surface area contributed by atoms with E-state index >= 15 is 0 Å². The molecule has 0 radical (unpaired) electrons. The Morgan fingerprint density at radius 1 is 0.614 bits per heavy atom. The van der Waals surface area contributed by atoms with Crippen LogP contribution in [0.15, 0.2) is 78.9 Å². The number of benzene rings is 3. The van der Waals surface area contributed by atoms with Crippen molar-refractivity contribution >= 4 is 41.0 Å². The number of fused-ring (bicyclic) bond motifs is 6.